The lowest BCUT2D eigenvalue weighted by molar-refractivity contribution is 0.196. The van der Waals surface area contributed by atoms with Crippen molar-refractivity contribution in [2.24, 2.45) is 0 Å². The average Bonchev–Trinajstić information content (AvgIpc) is 2.36. The first-order chi connectivity index (χ1) is 8.99. The van der Waals surface area contributed by atoms with Gasteiger partial charge in [-0.1, -0.05) is 23.9 Å². The zero-order chi connectivity index (χ0) is 14.0. The van der Waals surface area contributed by atoms with Crippen LogP contribution in [0.1, 0.15) is 24.2 Å². The Balaban J connectivity index is 2.45. The predicted molar refractivity (Wildman–Crippen MR) is 80.0 cm³/mol. The minimum Gasteiger partial charge on any atom is -0.389 e. The molecule has 1 unspecified atom stereocenters. The van der Waals surface area contributed by atoms with Crippen molar-refractivity contribution in [2.45, 2.75) is 29.7 Å². The van der Waals surface area contributed by atoms with Crippen LogP contribution in [-0.2, 0) is 0 Å². The molecule has 0 aliphatic heterocycles. The van der Waals surface area contributed by atoms with E-state index < -0.39 is 6.10 Å². The molecule has 1 nitrogen and oxygen atoms in total. The molecule has 0 spiro atoms. The Labute approximate surface area is 125 Å². The van der Waals surface area contributed by atoms with E-state index in [2.05, 4.69) is 15.9 Å². The number of benzene rings is 2. The van der Waals surface area contributed by atoms with Crippen molar-refractivity contribution in [3.8, 4) is 0 Å². The molecular formula is C15H14BrFOS. The Morgan fingerprint density at radius 1 is 1.21 bits per heavy atom. The molecule has 0 radical (unpaired) electrons. The molecule has 0 bridgehead atoms. The molecule has 4 heteroatoms. The van der Waals surface area contributed by atoms with Gasteiger partial charge in [-0.2, -0.15) is 0 Å². The van der Waals surface area contributed by atoms with Crippen LogP contribution in [0.2, 0.25) is 0 Å². The summed E-state index contributed by atoms with van der Waals surface area (Å²) in [5.41, 5.74) is 1.20. The smallest absolute Gasteiger partial charge is 0.126 e. The van der Waals surface area contributed by atoms with E-state index in [1.54, 1.807) is 19.9 Å². The van der Waals surface area contributed by atoms with Crippen LogP contribution < -0.4 is 0 Å². The maximum Gasteiger partial charge on any atom is 0.126 e. The molecular weight excluding hydrogens is 327 g/mol. The van der Waals surface area contributed by atoms with E-state index in [9.17, 15) is 9.50 Å². The molecule has 0 heterocycles. The Morgan fingerprint density at radius 2 is 1.89 bits per heavy atom. The number of hydrogen-bond donors (Lipinski definition) is 1. The standard InChI is InChI=1S/C15H14BrFOS/c1-9-7-15(11(10(2)18)8-13(9)17)19-14-6-4-3-5-12(14)16/h3-8,10,18H,1-2H3. The third kappa shape index (κ3) is 3.38. The Hall–Kier alpha value is -0.840. The van der Waals surface area contributed by atoms with Crippen LogP contribution in [0.15, 0.2) is 50.7 Å². The van der Waals surface area contributed by atoms with Crippen molar-refractivity contribution in [1.29, 1.82) is 0 Å². The first kappa shape index (κ1) is 14.6. The van der Waals surface area contributed by atoms with Crippen molar-refractivity contribution < 1.29 is 9.50 Å². The summed E-state index contributed by atoms with van der Waals surface area (Å²) in [6.07, 6.45) is -0.694. The van der Waals surface area contributed by atoms with Gasteiger partial charge >= 0.3 is 0 Å². The van der Waals surface area contributed by atoms with Gasteiger partial charge in [0.2, 0.25) is 0 Å². The van der Waals surface area contributed by atoms with Crippen LogP contribution in [0.4, 0.5) is 4.39 Å². The summed E-state index contributed by atoms with van der Waals surface area (Å²) < 4.78 is 14.6. The van der Waals surface area contributed by atoms with Gasteiger partial charge in [-0.3, -0.25) is 0 Å². The first-order valence-corrected chi connectivity index (χ1v) is 7.50. The summed E-state index contributed by atoms with van der Waals surface area (Å²) in [7, 11) is 0. The fourth-order valence-electron chi connectivity index (χ4n) is 1.73. The Morgan fingerprint density at radius 3 is 2.53 bits per heavy atom. The molecule has 1 N–H and O–H groups in total. The topological polar surface area (TPSA) is 20.2 Å². The van der Waals surface area contributed by atoms with Crippen LogP contribution in [0.3, 0.4) is 0 Å². The highest BCUT2D eigenvalue weighted by molar-refractivity contribution is 9.10. The van der Waals surface area contributed by atoms with Crippen molar-refractivity contribution in [2.75, 3.05) is 0 Å². The van der Waals surface area contributed by atoms with Gasteiger partial charge in [0.1, 0.15) is 5.82 Å². The van der Waals surface area contributed by atoms with Gasteiger partial charge in [-0.25, -0.2) is 4.39 Å². The quantitative estimate of drug-likeness (QED) is 0.838. The third-order valence-electron chi connectivity index (χ3n) is 2.80. The summed E-state index contributed by atoms with van der Waals surface area (Å²) in [6.45, 7) is 3.37. The van der Waals surface area contributed by atoms with E-state index in [0.717, 1.165) is 14.3 Å². The number of aryl methyl sites for hydroxylation is 1. The maximum absolute atomic E-state index is 13.6. The summed E-state index contributed by atoms with van der Waals surface area (Å²) in [4.78, 5) is 1.91. The first-order valence-electron chi connectivity index (χ1n) is 5.89. The molecule has 0 aliphatic carbocycles. The van der Waals surface area contributed by atoms with Crippen molar-refractivity contribution in [3.05, 3.63) is 57.8 Å². The summed E-state index contributed by atoms with van der Waals surface area (Å²) in [6, 6.07) is 11.0. The molecule has 1 atom stereocenters. The molecule has 100 valence electrons. The van der Waals surface area contributed by atoms with Crippen LogP contribution in [0, 0.1) is 12.7 Å². The van der Waals surface area contributed by atoms with E-state index in [-0.39, 0.29) is 5.82 Å². The minimum atomic E-state index is -0.694. The van der Waals surface area contributed by atoms with Crippen molar-refractivity contribution in [3.63, 3.8) is 0 Å². The van der Waals surface area contributed by atoms with Gasteiger partial charge in [0, 0.05) is 14.3 Å². The molecule has 0 fully saturated rings. The normalized spacial score (nSPS) is 12.5. The largest absolute Gasteiger partial charge is 0.389 e. The minimum absolute atomic E-state index is 0.285. The highest BCUT2D eigenvalue weighted by Gasteiger charge is 2.13. The van der Waals surface area contributed by atoms with Crippen molar-refractivity contribution in [1.82, 2.24) is 0 Å². The lowest BCUT2D eigenvalue weighted by atomic mass is 10.1. The van der Waals surface area contributed by atoms with E-state index in [4.69, 9.17) is 0 Å². The number of rotatable bonds is 3. The van der Waals surface area contributed by atoms with E-state index in [0.29, 0.717) is 11.1 Å². The van der Waals surface area contributed by atoms with E-state index >= 15 is 0 Å². The molecule has 0 aliphatic rings. The van der Waals surface area contributed by atoms with Crippen LogP contribution >= 0.6 is 27.7 Å². The Kier molecular flexibility index (Phi) is 4.66. The van der Waals surface area contributed by atoms with Gasteiger partial charge < -0.3 is 5.11 Å². The highest BCUT2D eigenvalue weighted by atomic mass is 79.9. The molecule has 0 aromatic heterocycles. The van der Waals surface area contributed by atoms with Gasteiger partial charge in [0.25, 0.3) is 0 Å². The van der Waals surface area contributed by atoms with Gasteiger partial charge in [0.05, 0.1) is 6.10 Å². The lowest BCUT2D eigenvalue weighted by Gasteiger charge is -2.14. The summed E-state index contributed by atoms with van der Waals surface area (Å²) >= 11 is 5.01. The molecule has 2 aromatic carbocycles. The SMILES string of the molecule is Cc1cc(Sc2ccccc2Br)c(C(C)O)cc1F. The third-order valence-corrected chi connectivity index (χ3v) is 4.90. The number of halogens is 2. The fourth-order valence-corrected chi connectivity index (χ4v) is 3.39. The second-order valence-electron chi connectivity index (χ2n) is 4.35. The molecule has 19 heavy (non-hydrogen) atoms. The van der Waals surface area contributed by atoms with E-state index in [1.165, 1.54) is 17.8 Å². The van der Waals surface area contributed by atoms with Gasteiger partial charge in [-0.05, 0) is 65.2 Å². The van der Waals surface area contributed by atoms with Gasteiger partial charge in [-0.15, -0.1) is 0 Å². The highest BCUT2D eigenvalue weighted by Crippen LogP contribution is 2.38. The lowest BCUT2D eigenvalue weighted by Crippen LogP contribution is -1.97. The average molecular weight is 341 g/mol. The summed E-state index contributed by atoms with van der Waals surface area (Å²) in [5, 5.41) is 9.78. The zero-order valence-corrected chi connectivity index (χ0v) is 13.1. The zero-order valence-electron chi connectivity index (χ0n) is 10.7. The monoisotopic (exact) mass is 340 g/mol. The van der Waals surface area contributed by atoms with E-state index in [1.807, 2.05) is 24.3 Å². The van der Waals surface area contributed by atoms with Gasteiger partial charge in [0.15, 0.2) is 0 Å². The summed E-state index contributed by atoms with van der Waals surface area (Å²) in [5.74, 6) is -0.285. The molecule has 0 saturated heterocycles. The fraction of sp³-hybridized carbons (Fsp3) is 0.200. The second-order valence-corrected chi connectivity index (χ2v) is 6.29. The van der Waals surface area contributed by atoms with Crippen LogP contribution in [0.25, 0.3) is 0 Å². The van der Waals surface area contributed by atoms with Crippen LogP contribution in [-0.4, -0.2) is 5.11 Å². The molecule has 0 saturated carbocycles. The Bertz CT molecular complexity index is 599. The second kappa shape index (κ2) is 6.07. The van der Waals surface area contributed by atoms with Crippen LogP contribution in [0.5, 0.6) is 0 Å². The molecule has 2 rings (SSSR count). The molecule has 0 amide bonds. The number of aliphatic hydroxyl groups is 1. The molecule has 2 aromatic rings. The predicted octanol–water partition coefficient (Wildman–Crippen LogP) is 5.10. The van der Waals surface area contributed by atoms with Crippen molar-refractivity contribution >= 4 is 27.7 Å². The maximum atomic E-state index is 13.6. The number of aliphatic hydroxyl groups excluding tert-OH is 1. The number of hydrogen-bond acceptors (Lipinski definition) is 2.